The maximum Gasteiger partial charge on any atom is 0.341 e. The number of benzene rings is 2. The number of halogens is 2. The van der Waals surface area contributed by atoms with Gasteiger partial charge in [-0.3, -0.25) is 4.79 Å². The molecule has 5 nitrogen and oxygen atoms in total. The van der Waals surface area contributed by atoms with E-state index in [-0.39, 0.29) is 21.3 Å². The molecule has 0 aromatic heterocycles. The summed E-state index contributed by atoms with van der Waals surface area (Å²) in [6.07, 6.45) is -0.988. The van der Waals surface area contributed by atoms with Crippen molar-refractivity contribution in [1.29, 1.82) is 0 Å². The molecule has 0 aliphatic carbocycles. The minimum atomic E-state index is -0.988. The topological polar surface area (TPSA) is 81.4 Å². The van der Waals surface area contributed by atoms with E-state index < -0.39 is 18.0 Å². The molecule has 0 saturated carbocycles. The monoisotopic (exact) mass is 366 g/mol. The van der Waals surface area contributed by atoms with Crippen molar-refractivity contribution >= 4 is 40.8 Å². The van der Waals surface area contributed by atoms with Gasteiger partial charge in [0.25, 0.3) is 5.91 Å². The van der Waals surface area contributed by atoms with E-state index in [1.54, 1.807) is 0 Å². The van der Waals surface area contributed by atoms with Crippen LogP contribution in [-0.4, -0.2) is 18.0 Å². The van der Waals surface area contributed by atoms with Crippen LogP contribution >= 0.6 is 23.2 Å². The fourth-order valence-corrected chi connectivity index (χ4v) is 2.45. The SMILES string of the molecule is C[C@@H](OC(=O)c1cc(Cl)cc(Cl)c1N)C(=O)NCc1ccccc1. The number of amides is 1. The average Bonchev–Trinajstić information content (AvgIpc) is 2.56. The Morgan fingerprint density at radius 1 is 1.21 bits per heavy atom. The number of nitrogen functional groups attached to an aromatic ring is 1. The first-order chi connectivity index (χ1) is 11.4. The third-order valence-corrected chi connectivity index (χ3v) is 3.81. The highest BCUT2D eigenvalue weighted by Gasteiger charge is 2.21. The Morgan fingerprint density at radius 3 is 2.54 bits per heavy atom. The molecular formula is C17H16Cl2N2O3. The summed E-state index contributed by atoms with van der Waals surface area (Å²) in [6.45, 7) is 1.81. The Bertz CT molecular complexity index is 751. The van der Waals surface area contributed by atoms with E-state index in [0.29, 0.717) is 6.54 Å². The van der Waals surface area contributed by atoms with Crippen LogP contribution in [0.1, 0.15) is 22.8 Å². The Kier molecular flexibility index (Phi) is 6.06. The third kappa shape index (κ3) is 4.63. The van der Waals surface area contributed by atoms with Gasteiger partial charge < -0.3 is 15.8 Å². The molecule has 0 spiro atoms. The van der Waals surface area contributed by atoms with Crippen LogP contribution in [0.2, 0.25) is 10.0 Å². The number of anilines is 1. The second-order valence-electron chi connectivity index (χ2n) is 5.10. The summed E-state index contributed by atoms with van der Waals surface area (Å²) >= 11 is 11.7. The molecule has 0 bridgehead atoms. The normalized spacial score (nSPS) is 11.6. The Morgan fingerprint density at radius 2 is 1.88 bits per heavy atom. The molecule has 3 N–H and O–H groups in total. The molecular weight excluding hydrogens is 351 g/mol. The Labute approximate surface area is 149 Å². The number of ether oxygens (including phenoxy) is 1. The van der Waals surface area contributed by atoms with Gasteiger partial charge in [-0.2, -0.15) is 0 Å². The fraction of sp³-hybridized carbons (Fsp3) is 0.176. The highest BCUT2D eigenvalue weighted by atomic mass is 35.5. The lowest BCUT2D eigenvalue weighted by molar-refractivity contribution is -0.129. The maximum absolute atomic E-state index is 12.2. The molecule has 0 fully saturated rings. The molecule has 7 heteroatoms. The molecule has 0 saturated heterocycles. The molecule has 0 unspecified atom stereocenters. The van der Waals surface area contributed by atoms with E-state index in [0.717, 1.165) is 5.56 Å². The maximum atomic E-state index is 12.2. The van der Waals surface area contributed by atoms with Gasteiger partial charge in [-0.05, 0) is 24.6 Å². The fourth-order valence-electron chi connectivity index (χ4n) is 1.96. The molecule has 0 radical (unpaired) electrons. The van der Waals surface area contributed by atoms with E-state index in [2.05, 4.69) is 5.32 Å². The van der Waals surface area contributed by atoms with Gasteiger partial charge in [0.15, 0.2) is 6.10 Å². The van der Waals surface area contributed by atoms with Gasteiger partial charge in [0, 0.05) is 11.6 Å². The number of nitrogens with two attached hydrogens (primary N) is 1. The first-order valence-electron chi connectivity index (χ1n) is 7.15. The van der Waals surface area contributed by atoms with Gasteiger partial charge in [-0.1, -0.05) is 53.5 Å². The predicted molar refractivity (Wildman–Crippen MR) is 94.0 cm³/mol. The van der Waals surface area contributed by atoms with Crippen molar-refractivity contribution in [3.63, 3.8) is 0 Å². The van der Waals surface area contributed by atoms with Crippen molar-refractivity contribution in [2.75, 3.05) is 5.73 Å². The second-order valence-corrected chi connectivity index (χ2v) is 5.94. The molecule has 2 aromatic carbocycles. The van der Waals surface area contributed by atoms with Gasteiger partial charge >= 0.3 is 5.97 Å². The Hall–Kier alpha value is -2.24. The summed E-state index contributed by atoms with van der Waals surface area (Å²) in [5, 5.41) is 3.09. The summed E-state index contributed by atoms with van der Waals surface area (Å²) in [4.78, 5) is 24.2. The van der Waals surface area contributed by atoms with E-state index in [1.807, 2.05) is 30.3 Å². The minimum Gasteiger partial charge on any atom is -0.449 e. The zero-order valence-electron chi connectivity index (χ0n) is 12.9. The highest BCUT2D eigenvalue weighted by Crippen LogP contribution is 2.28. The zero-order chi connectivity index (χ0) is 17.7. The average molecular weight is 367 g/mol. The summed E-state index contributed by atoms with van der Waals surface area (Å²) in [5.74, 6) is -1.18. The minimum absolute atomic E-state index is 0.0233. The Balaban J connectivity index is 1.97. The van der Waals surface area contributed by atoms with Gasteiger partial charge in [0.2, 0.25) is 0 Å². The van der Waals surface area contributed by atoms with Crippen molar-refractivity contribution < 1.29 is 14.3 Å². The zero-order valence-corrected chi connectivity index (χ0v) is 14.4. The molecule has 0 aliphatic rings. The molecule has 126 valence electrons. The first-order valence-corrected chi connectivity index (χ1v) is 7.91. The van der Waals surface area contributed by atoms with Crippen LogP contribution in [0, 0.1) is 0 Å². The van der Waals surface area contributed by atoms with Crippen LogP contribution in [0.5, 0.6) is 0 Å². The largest absolute Gasteiger partial charge is 0.449 e. The summed E-state index contributed by atoms with van der Waals surface area (Å²) in [6, 6.07) is 12.2. The molecule has 24 heavy (non-hydrogen) atoms. The van der Waals surface area contributed by atoms with Crippen LogP contribution in [0.3, 0.4) is 0 Å². The van der Waals surface area contributed by atoms with Crippen molar-refractivity contribution in [2.45, 2.75) is 19.6 Å². The van der Waals surface area contributed by atoms with Gasteiger partial charge in [0.05, 0.1) is 16.3 Å². The predicted octanol–water partition coefficient (Wildman–Crippen LogP) is 3.44. The van der Waals surface area contributed by atoms with E-state index in [4.69, 9.17) is 33.7 Å². The van der Waals surface area contributed by atoms with Crippen LogP contribution in [0.25, 0.3) is 0 Å². The van der Waals surface area contributed by atoms with Crippen LogP contribution in [-0.2, 0) is 16.1 Å². The van der Waals surface area contributed by atoms with Crippen molar-refractivity contribution in [3.05, 3.63) is 63.6 Å². The van der Waals surface area contributed by atoms with Gasteiger partial charge in [-0.15, -0.1) is 0 Å². The first kappa shape index (κ1) is 18.1. The molecule has 1 amide bonds. The third-order valence-electron chi connectivity index (χ3n) is 3.28. The smallest absolute Gasteiger partial charge is 0.341 e. The standard InChI is InChI=1S/C17H16Cl2N2O3/c1-10(16(22)21-9-11-5-3-2-4-6-11)24-17(23)13-7-12(18)8-14(19)15(13)20/h2-8,10H,9,20H2,1H3,(H,21,22)/t10-/m1/s1. The van der Waals surface area contributed by atoms with Crippen molar-refractivity contribution in [3.8, 4) is 0 Å². The highest BCUT2D eigenvalue weighted by molar-refractivity contribution is 6.37. The van der Waals surface area contributed by atoms with Crippen LogP contribution < -0.4 is 11.1 Å². The van der Waals surface area contributed by atoms with E-state index in [1.165, 1.54) is 19.1 Å². The number of rotatable bonds is 5. The molecule has 0 heterocycles. The van der Waals surface area contributed by atoms with Crippen molar-refractivity contribution in [1.82, 2.24) is 5.32 Å². The van der Waals surface area contributed by atoms with E-state index >= 15 is 0 Å². The summed E-state index contributed by atoms with van der Waals surface area (Å²) in [5.41, 5.74) is 6.77. The molecule has 0 aliphatic heterocycles. The lowest BCUT2D eigenvalue weighted by Gasteiger charge is -2.15. The summed E-state index contributed by atoms with van der Waals surface area (Å²) in [7, 11) is 0. The summed E-state index contributed by atoms with van der Waals surface area (Å²) < 4.78 is 5.13. The molecule has 2 rings (SSSR count). The number of carbonyl (C=O) groups is 2. The van der Waals surface area contributed by atoms with E-state index in [9.17, 15) is 9.59 Å². The van der Waals surface area contributed by atoms with Crippen LogP contribution in [0.4, 0.5) is 5.69 Å². The van der Waals surface area contributed by atoms with Gasteiger partial charge in [0.1, 0.15) is 0 Å². The van der Waals surface area contributed by atoms with Crippen LogP contribution in [0.15, 0.2) is 42.5 Å². The number of nitrogens with one attached hydrogen (secondary N) is 1. The second kappa shape index (κ2) is 8.04. The lowest BCUT2D eigenvalue weighted by atomic mass is 10.2. The number of hydrogen-bond donors (Lipinski definition) is 2. The quantitative estimate of drug-likeness (QED) is 0.627. The lowest BCUT2D eigenvalue weighted by Crippen LogP contribution is -2.35. The number of esters is 1. The molecule has 1 atom stereocenters. The number of carbonyl (C=O) groups excluding carboxylic acids is 2. The molecule has 2 aromatic rings. The van der Waals surface area contributed by atoms with Crippen molar-refractivity contribution in [2.24, 2.45) is 0 Å². The van der Waals surface area contributed by atoms with Gasteiger partial charge in [-0.25, -0.2) is 4.79 Å². The number of hydrogen-bond acceptors (Lipinski definition) is 4.